The summed E-state index contributed by atoms with van der Waals surface area (Å²) < 4.78 is 0. The number of carbonyl (C=O) groups excluding carboxylic acids is 2. The van der Waals surface area contributed by atoms with Gasteiger partial charge in [0.2, 0.25) is 0 Å². The van der Waals surface area contributed by atoms with E-state index in [1.807, 2.05) is 47.2 Å². The fourth-order valence-corrected chi connectivity index (χ4v) is 3.68. The molecule has 0 aliphatic rings. The molecule has 0 spiro atoms. The van der Waals surface area contributed by atoms with E-state index in [4.69, 9.17) is 0 Å². The number of nitrogens with one attached hydrogen (secondary N) is 2. The number of nitrogens with zero attached hydrogens (tertiary/aromatic N) is 2. The largest absolute Gasteiger partial charge is 0.321 e. The maximum Gasteiger partial charge on any atom is 0.266 e. The number of anilines is 2. The summed E-state index contributed by atoms with van der Waals surface area (Å²) in [7, 11) is 0. The van der Waals surface area contributed by atoms with Crippen molar-refractivity contribution >= 4 is 58.0 Å². The number of hydrogen-bond donors (Lipinski definition) is 2. The molecule has 0 aliphatic heterocycles. The highest BCUT2D eigenvalue weighted by Gasteiger charge is 2.12. The van der Waals surface area contributed by atoms with Crippen LogP contribution >= 0.6 is 22.7 Å². The van der Waals surface area contributed by atoms with E-state index in [1.54, 1.807) is 24.3 Å². The van der Waals surface area contributed by atoms with Crippen LogP contribution in [-0.4, -0.2) is 11.8 Å². The topological polar surface area (TPSA) is 106 Å². The normalized spacial score (nSPS) is 11.3. The van der Waals surface area contributed by atoms with E-state index in [2.05, 4.69) is 10.6 Å². The van der Waals surface area contributed by atoms with Crippen LogP contribution in [0.2, 0.25) is 0 Å². The van der Waals surface area contributed by atoms with Gasteiger partial charge in [0, 0.05) is 21.1 Å². The van der Waals surface area contributed by atoms with Gasteiger partial charge in [-0.05, 0) is 59.3 Å². The van der Waals surface area contributed by atoms with Gasteiger partial charge in [-0.25, -0.2) is 0 Å². The van der Waals surface area contributed by atoms with Gasteiger partial charge in [-0.3, -0.25) is 9.59 Å². The Balaban J connectivity index is 1.65. The molecule has 0 unspecified atom stereocenters. The predicted octanol–water partition coefficient (Wildman–Crippen LogP) is 4.90. The summed E-state index contributed by atoms with van der Waals surface area (Å²) in [6.45, 7) is 0. The molecular formula is C22H14N4O2S2. The van der Waals surface area contributed by atoms with Crippen molar-refractivity contribution in [3.05, 3.63) is 80.2 Å². The summed E-state index contributed by atoms with van der Waals surface area (Å²) >= 11 is 2.86. The third-order valence-corrected chi connectivity index (χ3v) is 5.43. The van der Waals surface area contributed by atoms with Gasteiger partial charge in [0.25, 0.3) is 11.8 Å². The molecule has 0 atom stereocenters. The molecule has 146 valence electrons. The summed E-state index contributed by atoms with van der Waals surface area (Å²) in [5, 5.41) is 27.5. The zero-order chi connectivity index (χ0) is 21.3. The van der Waals surface area contributed by atoms with Crippen molar-refractivity contribution in [3.63, 3.8) is 0 Å². The fraction of sp³-hybridized carbons (Fsp3) is 0. The smallest absolute Gasteiger partial charge is 0.266 e. The predicted molar refractivity (Wildman–Crippen MR) is 120 cm³/mol. The van der Waals surface area contributed by atoms with Gasteiger partial charge in [-0.1, -0.05) is 12.1 Å². The second kappa shape index (κ2) is 9.99. The lowest BCUT2D eigenvalue weighted by Gasteiger charge is -2.07. The molecule has 6 nitrogen and oxygen atoms in total. The van der Waals surface area contributed by atoms with Crippen molar-refractivity contribution in [2.75, 3.05) is 10.6 Å². The summed E-state index contributed by atoms with van der Waals surface area (Å²) in [4.78, 5) is 26.2. The van der Waals surface area contributed by atoms with Crippen LogP contribution in [0.15, 0.2) is 70.4 Å². The van der Waals surface area contributed by atoms with Crippen LogP contribution in [0.5, 0.6) is 0 Å². The van der Waals surface area contributed by atoms with Gasteiger partial charge >= 0.3 is 0 Å². The van der Waals surface area contributed by atoms with E-state index in [0.717, 1.165) is 9.75 Å². The molecule has 0 fully saturated rings. The second-order valence-electron chi connectivity index (χ2n) is 5.86. The van der Waals surface area contributed by atoms with Crippen LogP contribution in [-0.2, 0) is 9.59 Å². The average Bonchev–Trinajstić information content (AvgIpc) is 3.45. The molecule has 0 bridgehead atoms. The molecule has 0 saturated carbocycles. The van der Waals surface area contributed by atoms with Gasteiger partial charge in [0.15, 0.2) is 0 Å². The van der Waals surface area contributed by atoms with Gasteiger partial charge < -0.3 is 10.6 Å². The molecule has 2 amide bonds. The highest BCUT2D eigenvalue weighted by atomic mass is 32.1. The fourth-order valence-electron chi connectivity index (χ4n) is 2.36. The minimum atomic E-state index is -0.520. The summed E-state index contributed by atoms with van der Waals surface area (Å²) in [5.74, 6) is -1.04. The Morgan fingerprint density at radius 1 is 0.733 bits per heavy atom. The highest BCUT2D eigenvalue weighted by Crippen LogP contribution is 2.18. The Bertz CT molecular complexity index is 1080. The SMILES string of the molecule is N#C/C(=C\c1cccs1)C(=O)Nc1ccc(NC(=O)/C(C#N)=C/c2cccs2)cc1. The molecule has 1 aromatic carbocycles. The van der Waals surface area contributed by atoms with Crippen LogP contribution in [0.1, 0.15) is 9.75 Å². The van der Waals surface area contributed by atoms with E-state index in [0.29, 0.717) is 11.4 Å². The first-order chi connectivity index (χ1) is 14.6. The lowest BCUT2D eigenvalue weighted by atomic mass is 10.2. The van der Waals surface area contributed by atoms with E-state index in [-0.39, 0.29) is 11.1 Å². The quantitative estimate of drug-likeness (QED) is 0.428. The maximum atomic E-state index is 12.3. The van der Waals surface area contributed by atoms with Crippen LogP contribution in [0.25, 0.3) is 12.2 Å². The van der Waals surface area contributed by atoms with Crippen LogP contribution in [0, 0.1) is 22.7 Å². The molecule has 30 heavy (non-hydrogen) atoms. The molecular weight excluding hydrogens is 416 g/mol. The Labute approximate surface area is 181 Å². The number of rotatable bonds is 6. The first-order valence-electron chi connectivity index (χ1n) is 8.62. The molecule has 3 aromatic rings. The third-order valence-electron chi connectivity index (χ3n) is 3.79. The number of amides is 2. The lowest BCUT2D eigenvalue weighted by molar-refractivity contribution is -0.113. The van der Waals surface area contributed by atoms with Gasteiger partial charge in [-0.2, -0.15) is 10.5 Å². The van der Waals surface area contributed by atoms with Crippen molar-refractivity contribution in [2.45, 2.75) is 0 Å². The molecule has 3 rings (SSSR count). The lowest BCUT2D eigenvalue weighted by Crippen LogP contribution is -2.14. The van der Waals surface area contributed by atoms with Crippen molar-refractivity contribution in [1.82, 2.24) is 0 Å². The second-order valence-corrected chi connectivity index (χ2v) is 7.81. The molecule has 8 heteroatoms. The Hall–Kier alpha value is -3.98. The number of nitriles is 2. The van der Waals surface area contributed by atoms with Crippen molar-refractivity contribution in [1.29, 1.82) is 10.5 Å². The Morgan fingerprint density at radius 3 is 1.43 bits per heavy atom. The van der Waals surface area contributed by atoms with Crippen LogP contribution in [0.3, 0.4) is 0 Å². The minimum absolute atomic E-state index is 0.00722. The molecule has 0 radical (unpaired) electrons. The minimum Gasteiger partial charge on any atom is -0.321 e. The molecule has 0 saturated heterocycles. The molecule has 2 heterocycles. The first-order valence-corrected chi connectivity index (χ1v) is 10.4. The van der Waals surface area contributed by atoms with Crippen molar-refractivity contribution < 1.29 is 9.59 Å². The van der Waals surface area contributed by atoms with Gasteiger partial charge in [0.1, 0.15) is 23.3 Å². The molecule has 2 aromatic heterocycles. The van der Waals surface area contributed by atoms with Gasteiger partial charge in [-0.15, -0.1) is 22.7 Å². The highest BCUT2D eigenvalue weighted by molar-refractivity contribution is 7.11. The van der Waals surface area contributed by atoms with E-state index in [1.165, 1.54) is 34.8 Å². The standard InChI is InChI=1S/C22H14N4O2S2/c23-13-15(11-19-3-1-9-29-19)21(27)25-17-5-7-18(8-6-17)26-22(28)16(14-24)12-20-4-2-10-30-20/h1-12H,(H,25,27)(H,26,28)/b15-11+,16-12+. The summed E-state index contributed by atoms with van der Waals surface area (Å²) in [6.07, 6.45) is 3.05. The monoisotopic (exact) mass is 430 g/mol. The van der Waals surface area contributed by atoms with Crippen LogP contribution < -0.4 is 10.6 Å². The first kappa shape index (κ1) is 20.7. The van der Waals surface area contributed by atoms with Crippen LogP contribution in [0.4, 0.5) is 11.4 Å². The van der Waals surface area contributed by atoms with Gasteiger partial charge in [0.05, 0.1) is 0 Å². The van der Waals surface area contributed by atoms with Crippen molar-refractivity contribution in [3.8, 4) is 12.1 Å². The Morgan fingerprint density at radius 2 is 1.13 bits per heavy atom. The van der Waals surface area contributed by atoms with E-state index >= 15 is 0 Å². The third kappa shape index (κ3) is 5.52. The summed E-state index contributed by atoms with van der Waals surface area (Å²) in [5.41, 5.74) is 0.930. The zero-order valence-corrected chi connectivity index (χ0v) is 17.1. The molecule has 0 aliphatic carbocycles. The molecule has 2 N–H and O–H groups in total. The van der Waals surface area contributed by atoms with Crippen molar-refractivity contribution in [2.24, 2.45) is 0 Å². The van der Waals surface area contributed by atoms with E-state index < -0.39 is 11.8 Å². The van der Waals surface area contributed by atoms with E-state index in [9.17, 15) is 20.1 Å². The number of benzene rings is 1. The summed E-state index contributed by atoms with van der Waals surface area (Å²) in [6, 6.07) is 17.5. The maximum absolute atomic E-state index is 12.3. The number of thiophene rings is 2. The Kier molecular flexibility index (Phi) is 6.91. The number of carbonyl (C=O) groups is 2. The average molecular weight is 431 g/mol. The number of hydrogen-bond acceptors (Lipinski definition) is 6. The zero-order valence-electron chi connectivity index (χ0n) is 15.5.